The molecular weight excluding hydrogens is 323 g/mol. The molecule has 0 aliphatic rings. The van der Waals surface area contributed by atoms with E-state index < -0.39 is 6.36 Å². The number of hydrogen-bond donors (Lipinski definition) is 2. The first-order chi connectivity index (χ1) is 11.3. The summed E-state index contributed by atoms with van der Waals surface area (Å²) in [5, 5.41) is 1.27. The molecule has 4 N–H and O–H groups in total. The van der Waals surface area contributed by atoms with Crippen LogP contribution in [0.2, 0.25) is 0 Å². The van der Waals surface area contributed by atoms with Crippen LogP contribution in [0, 0.1) is 0 Å². The molecule has 2 rings (SSSR count). The van der Waals surface area contributed by atoms with Crippen molar-refractivity contribution in [3.05, 3.63) is 60.3 Å². The molecule has 0 saturated carbocycles. The molecule has 8 heteroatoms. The lowest BCUT2D eigenvalue weighted by Crippen LogP contribution is -2.26. The maximum Gasteiger partial charge on any atom is 0.573 e. The van der Waals surface area contributed by atoms with Gasteiger partial charge in [0.2, 0.25) is 0 Å². The Morgan fingerprint density at radius 1 is 1.08 bits per heavy atom. The summed E-state index contributed by atoms with van der Waals surface area (Å²) >= 11 is 0. The summed E-state index contributed by atoms with van der Waals surface area (Å²) in [5.74, 6) is 6.17. The summed E-state index contributed by atoms with van der Waals surface area (Å²) in [5.41, 5.74) is 7.28. The van der Waals surface area contributed by atoms with Crippen molar-refractivity contribution in [3.8, 4) is 11.5 Å². The lowest BCUT2D eigenvalue weighted by molar-refractivity contribution is -0.274. The van der Waals surface area contributed by atoms with Crippen LogP contribution in [0.15, 0.2) is 54.7 Å². The molecule has 0 aromatic heterocycles. The number of methoxy groups -OCH3 is 1. The van der Waals surface area contributed by atoms with Gasteiger partial charge in [-0.1, -0.05) is 12.1 Å². The van der Waals surface area contributed by atoms with Gasteiger partial charge in [0.1, 0.15) is 11.5 Å². The lowest BCUT2D eigenvalue weighted by atomic mass is 10.1. The number of halogens is 3. The quantitative estimate of drug-likeness (QED) is 0.646. The van der Waals surface area contributed by atoms with Crippen molar-refractivity contribution in [2.75, 3.05) is 12.1 Å². The van der Waals surface area contributed by atoms with E-state index >= 15 is 0 Å². The molecule has 0 saturated heterocycles. The van der Waals surface area contributed by atoms with Crippen LogP contribution in [-0.2, 0) is 0 Å². The van der Waals surface area contributed by atoms with E-state index in [0.29, 0.717) is 17.0 Å². The van der Waals surface area contributed by atoms with Crippen molar-refractivity contribution < 1.29 is 22.6 Å². The second-order valence-corrected chi connectivity index (χ2v) is 4.74. The minimum Gasteiger partial charge on any atom is -0.495 e. The van der Waals surface area contributed by atoms with Crippen LogP contribution >= 0.6 is 0 Å². The highest BCUT2D eigenvalue weighted by Gasteiger charge is 2.30. The summed E-state index contributed by atoms with van der Waals surface area (Å²) < 4.78 is 45.4. The van der Waals surface area contributed by atoms with Crippen LogP contribution in [0.3, 0.4) is 0 Å². The lowest BCUT2D eigenvalue weighted by Gasteiger charge is -2.18. The molecule has 0 fully saturated rings. The van der Waals surface area contributed by atoms with E-state index in [1.54, 1.807) is 24.3 Å². The van der Waals surface area contributed by atoms with E-state index in [-0.39, 0.29) is 11.4 Å². The number of para-hydroxylation sites is 2. The summed E-state index contributed by atoms with van der Waals surface area (Å²) in [6.45, 7) is 0. The Labute approximate surface area is 136 Å². The van der Waals surface area contributed by atoms with Crippen LogP contribution in [0.5, 0.6) is 11.5 Å². The van der Waals surface area contributed by atoms with Crippen molar-refractivity contribution >= 4 is 11.4 Å². The van der Waals surface area contributed by atoms with Crippen molar-refractivity contribution in [2.24, 2.45) is 11.6 Å². The molecule has 0 aliphatic heterocycles. The first-order valence-corrected chi connectivity index (χ1v) is 6.80. The van der Waals surface area contributed by atoms with Crippen LogP contribution in [0.1, 0.15) is 5.56 Å². The highest BCUT2D eigenvalue weighted by molar-refractivity contribution is 5.68. The van der Waals surface area contributed by atoms with Gasteiger partial charge < -0.3 is 15.2 Å². The van der Waals surface area contributed by atoms with Gasteiger partial charge >= 0.3 is 6.36 Å². The van der Waals surface area contributed by atoms with Crippen LogP contribution in [0.4, 0.5) is 18.9 Å². The smallest absolute Gasteiger partial charge is 0.495 e. The van der Waals surface area contributed by atoms with Crippen molar-refractivity contribution in [1.82, 2.24) is 0 Å². The molecule has 2 aromatic rings. The number of alkyl halides is 3. The largest absolute Gasteiger partial charge is 0.573 e. The number of nitrogens with zero attached hydrogens (tertiary/aromatic N) is 1. The Morgan fingerprint density at radius 2 is 1.71 bits per heavy atom. The van der Waals surface area contributed by atoms with E-state index in [2.05, 4.69) is 4.74 Å². The van der Waals surface area contributed by atoms with E-state index in [4.69, 9.17) is 16.3 Å². The molecule has 0 atom stereocenters. The maximum absolute atomic E-state index is 12.1. The molecular formula is C16H16F3N3O2. The van der Waals surface area contributed by atoms with E-state index in [1.165, 1.54) is 42.6 Å². The van der Waals surface area contributed by atoms with Gasteiger partial charge in [-0.2, -0.15) is 0 Å². The summed E-state index contributed by atoms with van der Waals surface area (Å²) in [6.07, 6.45) is -3.29. The predicted molar refractivity (Wildman–Crippen MR) is 84.9 cm³/mol. The SMILES string of the molecule is COc1ccccc1N(N)/C=C(\N)c1ccc(OC(F)(F)F)cc1. The Hall–Kier alpha value is -2.87. The van der Waals surface area contributed by atoms with Crippen molar-refractivity contribution in [2.45, 2.75) is 6.36 Å². The zero-order valence-corrected chi connectivity index (χ0v) is 12.7. The van der Waals surface area contributed by atoms with Crippen LogP contribution < -0.4 is 26.1 Å². The molecule has 24 heavy (non-hydrogen) atoms. The molecule has 0 heterocycles. The third-order valence-corrected chi connectivity index (χ3v) is 3.06. The molecule has 0 amide bonds. The third kappa shape index (κ3) is 4.56. The van der Waals surface area contributed by atoms with Gasteiger partial charge in [-0.3, -0.25) is 5.01 Å². The minimum atomic E-state index is -4.74. The first-order valence-electron chi connectivity index (χ1n) is 6.80. The topological polar surface area (TPSA) is 73.7 Å². The Morgan fingerprint density at radius 3 is 2.29 bits per heavy atom. The first kappa shape index (κ1) is 17.5. The number of hydrogen-bond acceptors (Lipinski definition) is 5. The number of rotatable bonds is 5. The standard InChI is InChI=1S/C16H16F3N3O2/c1-23-15-5-3-2-4-14(15)22(21)10-13(20)11-6-8-12(9-7-11)24-16(17,18)19/h2-10H,20-21H2,1H3/b13-10-. The molecule has 0 radical (unpaired) electrons. The Kier molecular flexibility index (Phi) is 5.20. The van der Waals surface area contributed by atoms with Gasteiger partial charge in [-0.15, -0.1) is 13.2 Å². The highest BCUT2D eigenvalue weighted by atomic mass is 19.4. The molecule has 0 aliphatic carbocycles. The maximum atomic E-state index is 12.1. The molecule has 0 bridgehead atoms. The van der Waals surface area contributed by atoms with Gasteiger partial charge in [0.05, 0.1) is 18.5 Å². The number of ether oxygens (including phenoxy) is 2. The van der Waals surface area contributed by atoms with Gasteiger partial charge in [0.15, 0.2) is 0 Å². The second-order valence-electron chi connectivity index (χ2n) is 4.74. The average molecular weight is 339 g/mol. The van der Waals surface area contributed by atoms with Gasteiger partial charge in [0, 0.05) is 6.20 Å². The number of hydrazine groups is 1. The molecule has 5 nitrogen and oxygen atoms in total. The van der Waals surface area contributed by atoms with Gasteiger partial charge in [-0.05, 0) is 42.0 Å². The molecule has 0 spiro atoms. The van der Waals surface area contributed by atoms with E-state index in [9.17, 15) is 13.2 Å². The fraction of sp³-hybridized carbons (Fsp3) is 0.125. The van der Waals surface area contributed by atoms with Crippen LogP contribution in [-0.4, -0.2) is 13.5 Å². The summed E-state index contributed by atoms with van der Waals surface area (Å²) in [7, 11) is 1.51. The third-order valence-electron chi connectivity index (χ3n) is 3.06. The van der Waals surface area contributed by atoms with Gasteiger partial charge in [-0.25, -0.2) is 5.84 Å². The average Bonchev–Trinajstić information content (AvgIpc) is 2.53. The number of nitrogens with two attached hydrogens (primary N) is 2. The molecule has 2 aromatic carbocycles. The summed E-state index contributed by atoms with van der Waals surface area (Å²) in [6, 6.07) is 12.2. The highest BCUT2D eigenvalue weighted by Crippen LogP contribution is 2.27. The fourth-order valence-corrected chi connectivity index (χ4v) is 1.99. The zero-order valence-electron chi connectivity index (χ0n) is 12.7. The minimum absolute atomic E-state index is 0.266. The fourth-order valence-electron chi connectivity index (χ4n) is 1.99. The van der Waals surface area contributed by atoms with Crippen molar-refractivity contribution in [3.63, 3.8) is 0 Å². The van der Waals surface area contributed by atoms with Crippen LogP contribution in [0.25, 0.3) is 5.70 Å². The van der Waals surface area contributed by atoms with E-state index in [0.717, 1.165) is 0 Å². The number of benzene rings is 2. The number of anilines is 1. The predicted octanol–water partition coefficient (Wildman–Crippen LogP) is 3.23. The van der Waals surface area contributed by atoms with Crippen molar-refractivity contribution in [1.29, 1.82) is 0 Å². The molecule has 0 unspecified atom stereocenters. The second kappa shape index (κ2) is 7.14. The molecule has 128 valence electrons. The van der Waals surface area contributed by atoms with Gasteiger partial charge in [0.25, 0.3) is 0 Å². The summed E-state index contributed by atoms with van der Waals surface area (Å²) in [4.78, 5) is 0. The monoisotopic (exact) mass is 339 g/mol. The zero-order chi connectivity index (χ0) is 17.7. The normalized spacial score (nSPS) is 12.0. The van der Waals surface area contributed by atoms with E-state index in [1.807, 2.05) is 0 Å². The Balaban J connectivity index is 2.18. The Bertz CT molecular complexity index is 715.